The third-order valence-corrected chi connectivity index (χ3v) is 3.69. The molecule has 0 spiro atoms. The first-order valence-electron chi connectivity index (χ1n) is 7.15. The normalized spacial score (nSPS) is 13.2. The molecule has 0 aliphatic heterocycles. The second-order valence-corrected chi connectivity index (χ2v) is 6.15. The molecule has 0 bridgehead atoms. The Bertz CT molecular complexity index is 615. The maximum Gasteiger partial charge on any atom is 0.186 e. The first kappa shape index (κ1) is 15.3. The zero-order valence-electron chi connectivity index (χ0n) is 13.3. The van der Waals surface area contributed by atoms with Crippen LogP contribution >= 0.6 is 0 Å². The van der Waals surface area contributed by atoms with E-state index in [1.54, 1.807) is 0 Å². The molecule has 2 rings (SSSR count). The number of anilines is 1. The van der Waals surface area contributed by atoms with E-state index in [9.17, 15) is 0 Å². The molecular weight excluding hydrogens is 266 g/mol. The summed E-state index contributed by atoms with van der Waals surface area (Å²) in [7, 11) is 0. The topological polar surface area (TPSA) is 78.8 Å². The van der Waals surface area contributed by atoms with E-state index in [0.29, 0.717) is 23.9 Å². The monoisotopic (exact) mass is 289 g/mol. The van der Waals surface area contributed by atoms with Gasteiger partial charge in [0.25, 0.3) is 0 Å². The van der Waals surface area contributed by atoms with E-state index in [-0.39, 0.29) is 11.5 Å². The van der Waals surface area contributed by atoms with E-state index in [4.69, 9.17) is 10.5 Å². The first-order valence-corrected chi connectivity index (χ1v) is 7.15. The van der Waals surface area contributed by atoms with Gasteiger partial charge in [0.1, 0.15) is 0 Å². The van der Waals surface area contributed by atoms with Gasteiger partial charge in [0.05, 0.1) is 23.9 Å². The van der Waals surface area contributed by atoms with Crippen molar-refractivity contribution in [3.05, 3.63) is 18.2 Å². The summed E-state index contributed by atoms with van der Waals surface area (Å²) in [6, 6.07) is 5.77. The molecule has 6 nitrogen and oxygen atoms in total. The number of nitrogens with zero attached hydrogens (tertiary/aromatic N) is 4. The molecule has 0 saturated carbocycles. The number of aromatic nitrogens is 4. The van der Waals surface area contributed by atoms with Crippen molar-refractivity contribution in [2.75, 3.05) is 12.3 Å². The Hall–Kier alpha value is -2.11. The lowest BCUT2D eigenvalue weighted by molar-refractivity contribution is 0.243. The Balaban J connectivity index is 2.54. The molecule has 0 radical (unpaired) electrons. The number of tetrazole rings is 1. The van der Waals surface area contributed by atoms with Crippen molar-refractivity contribution in [1.29, 1.82) is 0 Å². The molecule has 1 aromatic carbocycles. The Kier molecular flexibility index (Phi) is 4.16. The van der Waals surface area contributed by atoms with Gasteiger partial charge in [-0.15, -0.1) is 5.10 Å². The summed E-state index contributed by atoms with van der Waals surface area (Å²) < 4.78 is 7.51. The molecule has 0 aliphatic rings. The number of ether oxygens (including phenoxy) is 1. The number of nitrogens with two attached hydrogens (primary N) is 1. The van der Waals surface area contributed by atoms with Crippen LogP contribution in [0.5, 0.6) is 5.75 Å². The van der Waals surface area contributed by atoms with E-state index in [1.807, 2.05) is 29.8 Å². The number of rotatable bonds is 4. The van der Waals surface area contributed by atoms with E-state index < -0.39 is 0 Å². The van der Waals surface area contributed by atoms with Crippen LogP contribution in [0.3, 0.4) is 0 Å². The average Bonchev–Trinajstić information content (AvgIpc) is 2.88. The van der Waals surface area contributed by atoms with Gasteiger partial charge >= 0.3 is 0 Å². The largest absolute Gasteiger partial charge is 0.491 e. The van der Waals surface area contributed by atoms with E-state index in [2.05, 4.69) is 43.2 Å². The van der Waals surface area contributed by atoms with Gasteiger partial charge in [-0.2, -0.15) is 0 Å². The van der Waals surface area contributed by atoms with Crippen LogP contribution in [0, 0.1) is 5.41 Å². The highest BCUT2D eigenvalue weighted by atomic mass is 16.5. The molecule has 1 heterocycles. The van der Waals surface area contributed by atoms with Crippen LogP contribution < -0.4 is 10.5 Å². The molecule has 0 fully saturated rings. The van der Waals surface area contributed by atoms with Crippen LogP contribution in [0.15, 0.2) is 18.2 Å². The van der Waals surface area contributed by atoms with E-state index in [0.717, 1.165) is 5.56 Å². The number of hydrogen-bond donors (Lipinski definition) is 1. The molecule has 114 valence electrons. The van der Waals surface area contributed by atoms with Crippen LogP contribution in [-0.2, 0) is 0 Å². The highest BCUT2D eigenvalue weighted by Gasteiger charge is 2.27. The minimum atomic E-state index is 0.0379. The van der Waals surface area contributed by atoms with Crippen molar-refractivity contribution in [2.24, 2.45) is 5.41 Å². The Morgan fingerprint density at radius 2 is 2.05 bits per heavy atom. The highest BCUT2D eigenvalue weighted by molar-refractivity contribution is 5.73. The number of benzene rings is 1. The lowest BCUT2D eigenvalue weighted by atomic mass is 9.88. The van der Waals surface area contributed by atoms with Crippen LogP contribution in [0.4, 0.5) is 5.69 Å². The Morgan fingerprint density at radius 1 is 1.33 bits per heavy atom. The van der Waals surface area contributed by atoms with E-state index in [1.165, 1.54) is 0 Å². The van der Waals surface area contributed by atoms with Gasteiger partial charge in [-0.1, -0.05) is 26.8 Å². The van der Waals surface area contributed by atoms with Crippen LogP contribution in [0.1, 0.15) is 40.7 Å². The van der Waals surface area contributed by atoms with Gasteiger partial charge < -0.3 is 10.5 Å². The van der Waals surface area contributed by atoms with Gasteiger partial charge in [-0.05, 0) is 41.8 Å². The Morgan fingerprint density at radius 3 is 2.67 bits per heavy atom. The minimum absolute atomic E-state index is 0.0379. The summed E-state index contributed by atoms with van der Waals surface area (Å²) in [6.45, 7) is 11.0. The predicted octanol–water partition coefficient (Wildman–Crippen LogP) is 2.93. The van der Waals surface area contributed by atoms with Crippen molar-refractivity contribution < 1.29 is 4.74 Å². The van der Waals surface area contributed by atoms with Crippen LogP contribution in [0.25, 0.3) is 11.4 Å². The van der Waals surface area contributed by atoms with Gasteiger partial charge in [0.2, 0.25) is 0 Å². The first-order chi connectivity index (χ1) is 9.86. The molecule has 1 aromatic heterocycles. The second-order valence-electron chi connectivity index (χ2n) is 6.15. The summed E-state index contributed by atoms with van der Waals surface area (Å²) in [5.41, 5.74) is 7.47. The molecule has 0 amide bonds. The third kappa shape index (κ3) is 2.99. The molecule has 1 unspecified atom stereocenters. The summed E-state index contributed by atoms with van der Waals surface area (Å²) in [5.74, 6) is 1.31. The van der Waals surface area contributed by atoms with Crippen molar-refractivity contribution in [1.82, 2.24) is 20.2 Å². The maximum atomic E-state index is 6.02. The number of hydrogen-bond acceptors (Lipinski definition) is 5. The summed E-state index contributed by atoms with van der Waals surface area (Å²) in [6.07, 6.45) is 0. The molecule has 1 atom stereocenters. The lowest BCUT2D eigenvalue weighted by Gasteiger charge is -2.27. The molecule has 2 N–H and O–H groups in total. The van der Waals surface area contributed by atoms with Crippen LogP contribution in [-0.4, -0.2) is 26.8 Å². The van der Waals surface area contributed by atoms with Gasteiger partial charge in [0, 0.05) is 0 Å². The van der Waals surface area contributed by atoms with Crippen molar-refractivity contribution in [3.8, 4) is 17.1 Å². The second kappa shape index (κ2) is 5.71. The Labute approximate surface area is 125 Å². The smallest absolute Gasteiger partial charge is 0.186 e. The maximum absolute atomic E-state index is 6.02. The molecule has 6 heteroatoms. The summed E-state index contributed by atoms with van der Waals surface area (Å²) >= 11 is 0. The molecule has 21 heavy (non-hydrogen) atoms. The average molecular weight is 289 g/mol. The van der Waals surface area contributed by atoms with Gasteiger partial charge in [0.15, 0.2) is 11.6 Å². The summed E-state index contributed by atoms with van der Waals surface area (Å²) in [5, 5.41) is 12.2. The fourth-order valence-corrected chi connectivity index (χ4v) is 2.04. The number of para-hydroxylation sites is 1. The molecule has 0 aliphatic carbocycles. The fourth-order valence-electron chi connectivity index (χ4n) is 2.04. The molecule has 0 saturated heterocycles. The predicted molar refractivity (Wildman–Crippen MR) is 83.0 cm³/mol. The quantitative estimate of drug-likeness (QED) is 0.875. The van der Waals surface area contributed by atoms with E-state index >= 15 is 0 Å². The highest BCUT2D eigenvalue weighted by Crippen LogP contribution is 2.37. The standard InChI is InChI=1S/C15H23N5O/c1-6-21-13-11(8-7-9-12(13)16)14-17-18-19-20(14)10(2)15(3,4)5/h7-10H,6,16H2,1-5H3. The minimum Gasteiger partial charge on any atom is -0.491 e. The third-order valence-electron chi connectivity index (χ3n) is 3.69. The van der Waals surface area contributed by atoms with Gasteiger partial charge in [-0.25, -0.2) is 4.68 Å². The van der Waals surface area contributed by atoms with Crippen molar-refractivity contribution in [3.63, 3.8) is 0 Å². The van der Waals surface area contributed by atoms with Crippen LogP contribution in [0.2, 0.25) is 0 Å². The summed E-state index contributed by atoms with van der Waals surface area (Å²) in [4.78, 5) is 0. The van der Waals surface area contributed by atoms with Crippen molar-refractivity contribution >= 4 is 5.69 Å². The fraction of sp³-hybridized carbons (Fsp3) is 0.533. The lowest BCUT2D eigenvalue weighted by Crippen LogP contribution is -2.23. The molecule has 2 aromatic rings. The zero-order valence-corrected chi connectivity index (χ0v) is 13.3. The SMILES string of the molecule is CCOc1c(N)cccc1-c1nnnn1C(C)C(C)(C)C. The van der Waals surface area contributed by atoms with Crippen molar-refractivity contribution in [2.45, 2.75) is 40.7 Å². The molecular formula is C15H23N5O. The number of nitrogen functional groups attached to an aromatic ring is 1. The van der Waals surface area contributed by atoms with Gasteiger partial charge in [-0.3, -0.25) is 0 Å². The zero-order chi connectivity index (χ0) is 15.6.